The van der Waals surface area contributed by atoms with Gasteiger partial charge in [-0.3, -0.25) is 9.89 Å². The predicted molar refractivity (Wildman–Crippen MR) is 108 cm³/mol. The molecule has 0 saturated heterocycles. The summed E-state index contributed by atoms with van der Waals surface area (Å²) in [6.07, 6.45) is -3.71. The molecule has 3 N–H and O–H groups in total. The minimum atomic E-state index is -4.19. The highest BCUT2D eigenvalue weighted by atomic mass is 127. The summed E-state index contributed by atoms with van der Waals surface area (Å²) in [4.78, 5) is 5.32. The first kappa shape index (κ1) is 24.6. The van der Waals surface area contributed by atoms with Crippen LogP contribution in [0.15, 0.2) is 23.2 Å². The molecule has 1 unspecified atom stereocenters. The Balaban J connectivity index is 0.00000576. The summed E-state index contributed by atoms with van der Waals surface area (Å²) in [5.74, 6) is 0.215. The van der Waals surface area contributed by atoms with E-state index < -0.39 is 12.7 Å². The number of hydrogen-bond acceptors (Lipinski definition) is 2. The number of nitrogens with two attached hydrogens (primary N) is 1. The first-order valence-electron chi connectivity index (χ1n) is 7.35. The monoisotopic (exact) mass is 512 g/mol. The van der Waals surface area contributed by atoms with Gasteiger partial charge in [0.15, 0.2) is 5.96 Å². The van der Waals surface area contributed by atoms with Crippen LogP contribution in [0.1, 0.15) is 24.9 Å². The van der Waals surface area contributed by atoms with Crippen molar-refractivity contribution in [3.8, 4) is 0 Å². The van der Waals surface area contributed by atoms with Crippen molar-refractivity contribution in [2.75, 3.05) is 26.7 Å². The molecule has 0 radical (unpaired) electrons. The molecule has 1 atom stereocenters. The molecule has 0 aromatic heterocycles. The number of benzene rings is 1. The first-order chi connectivity index (χ1) is 11.1. The summed E-state index contributed by atoms with van der Waals surface area (Å²) in [7, 11) is 1.42. The normalized spacial score (nSPS) is 13.5. The lowest BCUT2D eigenvalue weighted by Crippen LogP contribution is -2.34. The predicted octanol–water partition coefficient (Wildman–Crippen LogP) is 4.46. The van der Waals surface area contributed by atoms with Gasteiger partial charge >= 0.3 is 6.18 Å². The van der Waals surface area contributed by atoms with Gasteiger partial charge in [-0.1, -0.05) is 29.3 Å². The molecular weight excluding hydrogens is 491 g/mol. The number of guanidine groups is 1. The van der Waals surface area contributed by atoms with Crippen LogP contribution in [0.5, 0.6) is 0 Å². The molecule has 0 amide bonds. The second kappa shape index (κ2) is 11.3. The fraction of sp³-hybridized carbons (Fsp3) is 0.533. The van der Waals surface area contributed by atoms with Crippen LogP contribution in [0.25, 0.3) is 0 Å². The second-order valence-electron chi connectivity index (χ2n) is 5.51. The lowest BCUT2D eigenvalue weighted by Gasteiger charge is -2.18. The van der Waals surface area contributed by atoms with E-state index in [0.29, 0.717) is 23.0 Å². The van der Waals surface area contributed by atoms with Crippen LogP contribution in [0.4, 0.5) is 13.2 Å². The van der Waals surface area contributed by atoms with E-state index in [9.17, 15) is 13.2 Å². The lowest BCUT2D eigenvalue weighted by atomic mass is 10.1. The van der Waals surface area contributed by atoms with Crippen LogP contribution in [0, 0.1) is 0 Å². The van der Waals surface area contributed by atoms with E-state index in [2.05, 4.69) is 10.3 Å². The average Bonchev–Trinajstić information content (AvgIpc) is 2.41. The van der Waals surface area contributed by atoms with Crippen LogP contribution in [0.2, 0.25) is 10.0 Å². The van der Waals surface area contributed by atoms with Gasteiger partial charge in [-0.15, -0.1) is 24.0 Å². The first-order valence-corrected chi connectivity index (χ1v) is 8.11. The Morgan fingerprint density at radius 2 is 2.00 bits per heavy atom. The van der Waals surface area contributed by atoms with Gasteiger partial charge in [-0.05, 0) is 44.6 Å². The summed E-state index contributed by atoms with van der Waals surface area (Å²) >= 11 is 12.0. The van der Waals surface area contributed by atoms with Gasteiger partial charge in [-0.2, -0.15) is 13.2 Å². The number of hydrogen-bond donors (Lipinski definition) is 2. The summed E-state index contributed by atoms with van der Waals surface area (Å²) in [5, 5.41) is 4.05. The Hall–Kier alpha value is -0.450. The Morgan fingerprint density at radius 1 is 1.36 bits per heavy atom. The van der Waals surface area contributed by atoms with Crippen LogP contribution in [-0.4, -0.2) is 43.7 Å². The number of nitrogens with one attached hydrogen (secondary N) is 1. The fourth-order valence-electron chi connectivity index (χ4n) is 2.12. The molecule has 4 nitrogen and oxygen atoms in total. The van der Waals surface area contributed by atoms with Crippen molar-refractivity contribution in [3.63, 3.8) is 0 Å². The topological polar surface area (TPSA) is 53.6 Å². The third kappa shape index (κ3) is 10.3. The number of aliphatic imine (C=N–C) groups is 1. The third-order valence-electron chi connectivity index (χ3n) is 3.22. The zero-order valence-corrected chi connectivity index (χ0v) is 17.7. The molecular formula is C15H22Cl2F3IN4. The van der Waals surface area contributed by atoms with Crippen molar-refractivity contribution in [1.29, 1.82) is 0 Å². The highest BCUT2D eigenvalue weighted by Gasteiger charge is 2.28. The zero-order chi connectivity index (χ0) is 18.3. The molecule has 0 aliphatic heterocycles. The molecule has 1 aromatic carbocycles. The fourth-order valence-corrected chi connectivity index (χ4v) is 2.70. The maximum absolute atomic E-state index is 12.2. The van der Waals surface area contributed by atoms with Gasteiger partial charge in [0.1, 0.15) is 0 Å². The van der Waals surface area contributed by atoms with Crippen LogP contribution in [0.3, 0.4) is 0 Å². The molecule has 0 spiro atoms. The van der Waals surface area contributed by atoms with Gasteiger partial charge in [0.2, 0.25) is 0 Å². The summed E-state index contributed by atoms with van der Waals surface area (Å²) in [5.41, 5.74) is 6.61. The summed E-state index contributed by atoms with van der Waals surface area (Å²) in [6, 6.07) is 4.99. The highest BCUT2D eigenvalue weighted by Crippen LogP contribution is 2.25. The van der Waals surface area contributed by atoms with Crippen molar-refractivity contribution in [2.45, 2.75) is 25.6 Å². The SMILES string of the molecule is CC(NC(N)=NCCCN(C)CC(F)(F)F)c1ccc(Cl)cc1Cl.I. The average molecular weight is 513 g/mol. The van der Waals surface area contributed by atoms with Crippen molar-refractivity contribution in [2.24, 2.45) is 10.7 Å². The van der Waals surface area contributed by atoms with Gasteiger partial charge in [-0.25, -0.2) is 0 Å². The number of nitrogens with zero attached hydrogens (tertiary/aromatic N) is 2. The molecule has 0 fully saturated rings. The number of rotatable bonds is 7. The molecule has 0 aliphatic carbocycles. The molecule has 144 valence electrons. The van der Waals surface area contributed by atoms with Gasteiger partial charge < -0.3 is 11.1 Å². The molecule has 1 rings (SSSR count). The van der Waals surface area contributed by atoms with E-state index in [0.717, 1.165) is 5.56 Å². The van der Waals surface area contributed by atoms with E-state index in [4.69, 9.17) is 28.9 Å². The third-order valence-corrected chi connectivity index (χ3v) is 3.79. The van der Waals surface area contributed by atoms with Gasteiger partial charge in [0.05, 0.1) is 12.6 Å². The Morgan fingerprint density at radius 3 is 2.56 bits per heavy atom. The van der Waals surface area contributed by atoms with E-state index in [1.54, 1.807) is 18.2 Å². The van der Waals surface area contributed by atoms with Crippen molar-refractivity contribution in [1.82, 2.24) is 10.2 Å². The molecule has 0 bridgehead atoms. The van der Waals surface area contributed by atoms with Crippen LogP contribution < -0.4 is 11.1 Å². The number of halogens is 6. The van der Waals surface area contributed by atoms with Gasteiger partial charge in [0, 0.05) is 16.6 Å². The zero-order valence-electron chi connectivity index (χ0n) is 13.9. The largest absolute Gasteiger partial charge is 0.401 e. The van der Waals surface area contributed by atoms with Crippen molar-refractivity contribution >= 4 is 53.1 Å². The summed E-state index contributed by atoms with van der Waals surface area (Å²) < 4.78 is 36.6. The Kier molecular flexibility index (Phi) is 11.1. The Bertz CT molecular complexity index is 570. The van der Waals surface area contributed by atoms with E-state index in [1.807, 2.05) is 6.92 Å². The van der Waals surface area contributed by atoms with Crippen LogP contribution >= 0.6 is 47.2 Å². The lowest BCUT2D eigenvalue weighted by molar-refractivity contribution is -0.143. The maximum Gasteiger partial charge on any atom is 0.401 e. The molecule has 10 heteroatoms. The molecule has 0 heterocycles. The Labute approximate surface area is 173 Å². The molecule has 25 heavy (non-hydrogen) atoms. The molecule has 0 saturated carbocycles. The van der Waals surface area contributed by atoms with E-state index in [1.165, 1.54) is 11.9 Å². The highest BCUT2D eigenvalue weighted by molar-refractivity contribution is 14.0. The standard InChI is InChI=1S/C15H21Cl2F3N4.HI/c1-10(12-5-4-11(16)8-13(12)17)23-14(21)22-6-3-7-24(2)9-15(18,19)20;/h4-5,8,10H,3,6-7,9H2,1-2H3,(H3,21,22,23);1H. The second-order valence-corrected chi connectivity index (χ2v) is 6.35. The van der Waals surface area contributed by atoms with Gasteiger partial charge in [0.25, 0.3) is 0 Å². The minimum absolute atomic E-state index is 0. The smallest absolute Gasteiger partial charge is 0.370 e. The minimum Gasteiger partial charge on any atom is -0.370 e. The summed E-state index contributed by atoms with van der Waals surface area (Å²) in [6.45, 7) is 1.56. The van der Waals surface area contributed by atoms with Crippen molar-refractivity contribution in [3.05, 3.63) is 33.8 Å². The maximum atomic E-state index is 12.2. The quantitative estimate of drug-likeness (QED) is 0.245. The molecule has 1 aromatic rings. The van der Waals surface area contributed by atoms with E-state index in [-0.39, 0.29) is 42.5 Å². The number of alkyl halides is 3. The van der Waals surface area contributed by atoms with Crippen molar-refractivity contribution < 1.29 is 13.2 Å². The molecule has 0 aliphatic rings. The van der Waals surface area contributed by atoms with E-state index >= 15 is 0 Å². The van der Waals surface area contributed by atoms with Crippen LogP contribution in [-0.2, 0) is 0 Å².